The summed E-state index contributed by atoms with van der Waals surface area (Å²) in [5, 5.41) is 1.05. The Morgan fingerprint density at radius 1 is 0.950 bits per heavy atom. The summed E-state index contributed by atoms with van der Waals surface area (Å²) in [4.78, 5) is 36.7. The minimum Gasteiger partial charge on any atom is -0.748 e. The van der Waals surface area contributed by atoms with Crippen molar-refractivity contribution in [2.75, 3.05) is 37.1 Å². The average Bonchev–Trinajstić information content (AvgIpc) is 3.57. The van der Waals surface area contributed by atoms with Crippen molar-refractivity contribution < 1.29 is 57.9 Å². The number of amides is 2. The Balaban J connectivity index is 1.57. The van der Waals surface area contributed by atoms with Crippen LogP contribution in [0.1, 0.15) is 71.0 Å². The lowest BCUT2D eigenvalue weighted by molar-refractivity contribution is -0.684. The molecule has 2 amide bonds. The van der Waals surface area contributed by atoms with E-state index in [0.29, 0.717) is 39.6 Å². The van der Waals surface area contributed by atoms with Crippen LogP contribution >= 0.6 is 0 Å². The fraction of sp³-hybridized carbons (Fsp3) is 0.333. The summed E-state index contributed by atoms with van der Waals surface area (Å²) in [6.07, 6.45) is 10.2. The summed E-state index contributed by atoms with van der Waals surface area (Å²) < 4.78 is 103. The van der Waals surface area contributed by atoms with Gasteiger partial charge in [0.15, 0.2) is 5.71 Å². The Morgan fingerprint density at radius 2 is 1.63 bits per heavy atom. The largest absolute Gasteiger partial charge is 0.748 e. The zero-order valence-electron chi connectivity index (χ0n) is 33.4. The molecule has 3 aromatic rings. The van der Waals surface area contributed by atoms with Crippen molar-refractivity contribution in [3.63, 3.8) is 0 Å². The molecule has 0 bridgehead atoms. The molecule has 0 aliphatic carbocycles. The van der Waals surface area contributed by atoms with Crippen LogP contribution in [0.15, 0.2) is 101 Å². The van der Waals surface area contributed by atoms with Crippen LogP contribution in [0.25, 0.3) is 0 Å². The van der Waals surface area contributed by atoms with Gasteiger partial charge in [0, 0.05) is 36.3 Å². The number of aryl methyl sites for hydroxylation is 1. The van der Waals surface area contributed by atoms with Crippen molar-refractivity contribution in [1.29, 1.82) is 0 Å². The summed E-state index contributed by atoms with van der Waals surface area (Å²) in [5.74, 6) is 3.65. The van der Waals surface area contributed by atoms with Gasteiger partial charge in [-0.3, -0.25) is 29.0 Å². The van der Waals surface area contributed by atoms with Gasteiger partial charge in [-0.05, 0) is 98.3 Å². The number of nitrogens with zero attached hydrogens (tertiary/aromatic N) is 4. The zero-order chi connectivity index (χ0) is 44.4. The third-order valence-corrected chi connectivity index (χ3v) is 13.0. The van der Waals surface area contributed by atoms with Gasteiger partial charge in [0.05, 0.1) is 56.4 Å². The second-order valence-electron chi connectivity index (χ2n) is 14.8. The van der Waals surface area contributed by atoms with E-state index >= 15 is 0 Å². The number of nitrogen functional groups attached to an aromatic ring is 1. The maximum Gasteiger partial charge on any atom is 0.327 e. The molecule has 2 aliphatic rings. The van der Waals surface area contributed by atoms with Crippen LogP contribution < -0.4 is 20.7 Å². The third-order valence-electron chi connectivity index (χ3n) is 10.5. The highest BCUT2D eigenvalue weighted by molar-refractivity contribution is 7.86. The summed E-state index contributed by atoms with van der Waals surface area (Å²) in [5.41, 5.74) is 4.07. The first-order valence-electron chi connectivity index (χ1n) is 18.4. The lowest BCUT2D eigenvalue weighted by Crippen LogP contribution is -2.38. The summed E-state index contributed by atoms with van der Waals surface area (Å²) in [6, 6.07) is 12.2. The highest BCUT2D eigenvalue weighted by Gasteiger charge is 2.46. The molecule has 0 saturated carbocycles. The second-order valence-corrected chi connectivity index (χ2v) is 19.3. The van der Waals surface area contributed by atoms with Crippen molar-refractivity contribution in [3.05, 3.63) is 119 Å². The molecule has 18 nitrogen and oxygen atoms in total. The van der Waals surface area contributed by atoms with Gasteiger partial charge in [-0.1, -0.05) is 30.4 Å². The van der Waals surface area contributed by atoms with Crippen molar-refractivity contribution in [3.8, 4) is 0 Å². The number of aromatic nitrogens is 1. The number of nitrogens with one attached hydrogen (secondary N) is 1. The molecule has 2 aliphatic heterocycles. The van der Waals surface area contributed by atoms with Crippen LogP contribution in [0, 0.1) is 0 Å². The Labute approximate surface area is 348 Å². The molecule has 1 aromatic heterocycles. The van der Waals surface area contributed by atoms with E-state index in [1.807, 2.05) is 20.8 Å². The lowest BCUT2D eigenvalue weighted by Gasteiger charge is -2.31. The molecular formula is C39H46N6O12S3. The number of fused-ring (bicyclic) bond motifs is 2. The number of carbonyl (C=O) groups excluding carboxylic acids is 2. The Kier molecular flexibility index (Phi) is 13.4. The van der Waals surface area contributed by atoms with Gasteiger partial charge in [-0.15, -0.1) is 0 Å². The molecule has 0 radical (unpaired) electrons. The molecule has 2 aromatic carbocycles. The van der Waals surface area contributed by atoms with E-state index < -0.39 is 64.5 Å². The number of allylic oxidation sites excluding steroid dienone is 6. The maximum atomic E-state index is 13.1. The first-order chi connectivity index (χ1) is 27.9. The Bertz CT molecular complexity index is 2660. The van der Waals surface area contributed by atoms with Gasteiger partial charge in [0.2, 0.25) is 0 Å². The van der Waals surface area contributed by atoms with Gasteiger partial charge in [-0.2, -0.15) is 16.8 Å². The number of aliphatic imine (C=N–C) groups is 1. The number of hydrogen-bond donors (Lipinski definition) is 4. The number of hydrazine groups is 1. The van der Waals surface area contributed by atoms with E-state index in [1.54, 1.807) is 70.2 Å². The van der Waals surface area contributed by atoms with Crippen LogP contribution in [0.2, 0.25) is 0 Å². The third kappa shape index (κ3) is 9.90. The monoisotopic (exact) mass is 886 g/mol. The molecule has 21 heteroatoms. The minimum absolute atomic E-state index is 0.0117. The van der Waals surface area contributed by atoms with Crippen molar-refractivity contribution in [1.82, 2.24) is 10.5 Å². The molecule has 1 unspecified atom stereocenters. The van der Waals surface area contributed by atoms with Crippen molar-refractivity contribution >= 4 is 59.4 Å². The normalized spacial score (nSPS) is 18.2. The number of hydrogen-bond acceptors (Lipinski definition) is 13. The van der Waals surface area contributed by atoms with Crippen LogP contribution in [0.5, 0.6) is 0 Å². The molecular weight excluding hydrogens is 841 g/mol. The van der Waals surface area contributed by atoms with E-state index in [1.165, 1.54) is 38.6 Å². The Hall–Kier alpha value is -5.13. The van der Waals surface area contributed by atoms with E-state index in [-0.39, 0.29) is 42.0 Å². The molecule has 0 saturated heterocycles. The number of pyridine rings is 1. The standard InChI is InChI=1S/C39H46N6O12S3/c1-38(2)31-23-27(37(47)43(4)57-5)25-44(19-9-21-58(48,49)50)35(31)41-33(38)11-7-6-8-12-34-39(3,28-15-13-26(14-16-28)36(46)42-40)30-24-29(60(54,55)56)17-18-32(30)45(34)20-10-22-59(51,52)53/h6-8,11-18,23-25H,9-10,19-22,40H2,1-5H3,(H3-,42,46,48,49,50,51,52,53,54,55,56). The number of hydroxylamine groups is 2. The number of benzene rings is 2. The topological polar surface area (TPSA) is 270 Å². The molecule has 0 spiro atoms. The summed E-state index contributed by atoms with van der Waals surface area (Å²) in [6.45, 7) is 5.79. The zero-order valence-corrected chi connectivity index (χ0v) is 35.8. The first-order valence-corrected chi connectivity index (χ1v) is 23.0. The highest BCUT2D eigenvalue weighted by atomic mass is 32.2. The van der Waals surface area contributed by atoms with Gasteiger partial charge in [0.1, 0.15) is 6.20 Å². The molecule has 5 rings (SSSR count). The van der Waals surface area contributed by atoms with Gasteiger partial charge in [0.25, 0.3) is 32.1 Å². The van der Waals surface area contributed by atoms with Crippen LogP contribution in [-0.2, 0) is 52.6 Å². The maximum absolute atomic E-state index is 13.1. The average molecular weight is 887 g/mol. The number of nitrogens with two attached hydrogens (primary N) is 1. The predicted octanol–water partition coefficient (Wildman–Crippen LogP) is 2.86. The molecule has 0 fully saturated rings. The number of carbonyl (C=O) groups is 2. The lowest BCUT2D eigenvalue weighted by atomic mass is 9.75. The van der Waals surface area contributed by atoms with Crippen molar-refractivity contribution in [2.24, 2.45) is 10.8 Å². The summed E-state index contributed by atoms with van der Waals surface area (Å²) >= 11 is 0. The number of rotatable bonds is 16. The first kappa shape index (κ1) is 45.9. The Morgan fingerprint density at radius 3 is 2.23 bits per heavy atom. The van der Waals surface area contributed by atoms with Crippen LogP contribution in [-0.4, -0.2) is 93.7 Å². The smallest absolute Gasteiger partial charge is 0.327 e. The fourth-order valence-electron chi connectivity index (χ4n) is 7.28. The molecule has 5 N–H and O–H groups in total. The molecule has 322 valence electrons. The molecule has 1 atom stereocenters. The van der Waals surface area contributed by atoms with E-state index in [2.05, 4.69) is 5.43 Å². The number of anilines is 1. The minimum atomic E-state index is -4.65. The van der Waals surface area contributed by atoms with E-state index in [4.69, 9.17) is 15.7 Å². The fourth-order valence-corrected chi connectivity index (χ4v) is 8.76. The van der Waals surface area contributed by atoms with Gasteiger partial charge < -0.3 is 9.45 Å². The predicted molar refractivity (Wildman–Crippen MR) is 221 cm³/mol. The second kappa shape index (κ2) is 17.5. The van der Waals surface area contributed by atoms with Crippen LogP contribution in [0.4, 0.5) is 11.5 Å². The molecule has 3 heterocycles. The quantitative estimate of drug-likeness (QED) is 0.0403. The summed E-state index contributed by atoms with van der Waals surface area (Å²) in [7, 11) is -10.7. The molecule has 60 heavy (non-hydrogen) atoms. The van der Waals surface area contributed by atoms with Crippen LogP contribution in [0.3, 0.4) is 0 Å². The van der Waals surface area contributed by atoms with Gasteiger partial charge in [-0.25, -0.2) is 23.9 Å². The van der Waals surface area contributed by atoms with Gasteiger partial charge >= 0.3 is 5.82 Å². The van der Waals surface area contributed by atoms with E-state index in [0.717, 1.165) is 5.06 Å². The SMILES string of the molecule is CON(C)C(=O)c1cc2c([n+](CCCS(=O)(=O)[O-])c1)N=C(/C=C/C=C/C=C1/N(CCCS(=O)(=O)O)c3ccc(S(=O)(=O)O)cc3C1(C)c1ccc(C(=O)NN)cc1)C2(C)C. The van der Waals surface area contributed by atoms with Crippen molar-refractivity contribution in [2.45, 2.75) is 55.9 Å². The highest BCUT2D eigenvalue weighted by Crippen LogP contribution is 2.52. The van der Waals surface area contributed by atoms with E-state index in [9.17, 15) is 48.5 Å².